The highest BCUT2D eigenvalue weighted by Crippen LogP contribution is 2.49. The lowest BCUT2D eigenvalue weighted by atomic mass is 9.83. The number of halogens is 1. The molecule has 2 aliphatic rings. The number of ether oxygens (including phenoxy) is 3. The van der Waals surface area contributed by atoms with Crippen LogP contribution in [0.3, 0.4) is 0 Å². The molecular formula is C26H29ClN2O6S. The molecule has 1 N–H and O–H groups in total. The first kappa shape index (κ1) is 24.9. The molecule has 36 heavy (non-hydrogen) atoms. The topological polar surface area (TPSA) is 90.2 Å². The molecule has 1 saturated heterocycles. The van der Waals surface area contributed by atoms with Crippen LogP contribution in [0.15, 0.2) is 24.3 Å². The van der Waals surface area contributed by atoms with Crippen LogP contribution in [0.2, 0.25) is 5.02 Å². The van der Waals surface area contributed by atoms with Gasteiger partial charge in [-0.25, -0.2) is 4.79 Å². The third-order valence-corrected chi connectivity index (χ3v) is 8.36. The summed E-state index contributed by atoms with van der Waals surface area (Å²) >= 11 is 7.87. The molecule has 2 aromatic heterocycles. The van der Waals surface area contributed by atoms with Crippen molar-refractivity contribution in [2.45, 2.75) is 44.6 Å². The largest absolute Gasteiger partial charge is 0.512 e. The van der Waals surface area contributed by atoms with Gasteiger partial charge in [0.25, 0.3) is 0 Å². The van der Waals surface area contributed by atoms with Crippen LogP contribution in [-0.2, 0) is 16.1 Å². The number of methoxy groups -OCH3 is 1. The van der Waals surface area contributed by atoms with Crippen LogP contribution in [0.4, 0.5) is 4.79 Å². The molecule has 1 amide bonds. The molecule has 0 atom stereocenters. The van der Waals surface area contributed by atoms with Crippen LogP contribution in [0.25, 0.3) is 21.5 Å². The Morgan fingerprint density at radius 3 is 2.58 bits per heavy atom. The monoisotopic (exact) mass is 532 g/mol. The van der Waals surface area contributed by atoms with E-state index in [1.807, 2.05) is 27.7 Å². The minimum Gasteiger partial charge on any atom is -0.495 e. The number of thiophene rings is 1. The zero-order valence-electron chi connectivity index (χ0n) is 20.1. The minimum absolute atomic E-state index is 0.00171. The van der Waals surface area contributed by atoms with Gasteiger partial charge < -0.3 is 28.8 Å². The molecule has 2 fully saturated rings. The number of hydrogen-bond acceptors (Lipinski definition) is 6. The smallest absolute Gasteiger partial charge is 0.495 e. The lowest BCUT2D eigenvalue weighted by molar-refractivity contribution is -0.135. The number of morpholine rings is 1. The van der Waals surface area contributed by atoms with E-state index < -0.39 is 6.16 Å². The van der Waals surface area contributed by atoms with Crippen molar-refractivity contribution in [3.63, 3.8) is 0 Å². The lowest BCUT2D eigenvalue weighted by Crippen LogP contribution is -2.42. The Kier molecular flexibility index (Phi) is 7.41. The molecular weight excluding hydrogens is 504 g/mol. The number of carbonyl (C=O) groups is 2. The molecule has 10 heteroatoms. The Labute approximate surface area is 218 Å². The number of nitrogens with zero attached hydrogens (tertiary/aromatic N) is 2. The van der Waals surface area contributed by atoms with Crippen LogP contribution in [-0.4, -0.2) is 60.0 Å². The van der Waals surface area contributed by atoms with Gasteiger partial charge in [0.1, 0.15) is 12.3 Å². The zero-order valence-corrected chi connectivity index (χ0v) is 21.7. The first-order valence-electron chi connectivity index (χ1n) is 12.2. The Balaban J connectivity index is 1.69. The average molecular weight is 533 g/mol. The first-order valence-corrected chi connectivity index (χ1v) is 13.4. The van der Waals surface area contributed by atoms with E-state index in [4.69, 9.17) is 25.8 Å². The molecule has 1 aliphatic carbocycles. The maximum atomic E-state index is 13.4. The van der Waals surface area contributed by atoms with Crippen LogP contribution in [0.5, 0.6) is 10.8 Å². The molecule has 3 heterocycles. The number of benzene rings is 1. The van der Waals surface area contributed by atoms with Crippen LogP contribution < -0.4 is 9.47 Å². The van der Waals surface area contributed by atoms with Gasteiger partial charge >= 0.3 is 6.16 Å². The second-order valence-corrected chi connectivity index (χ2v) is 10.6. The van der Waals surface area contributed by atoms with E-state index in [0.717, 1.165) is 52.7 Å². The summed E-state index contributed by atoms with van der Waals surface area (Å²) in [6.07, 6.45) is 4.21. The summed E-state index contributed by atoms with van der Waals surface area (Å²) in [5.74, 6) is 0.882. The molecule has 0 radical (unpaired) electrons. The van der Waals surface area contributed by atoms with Gasteiger partial charge in [0.05, 0.1) is 41.3 Å². The van der Waals surface area contributed by atoms with Gasteiger partial charge in [-0.05, 0) is 42.5 Å². The highest BCUT2D eigenvalue weighted by atomic mass is 35.5. The van der Waals surface area contributed by atoms with Crippen LogP contribution in [0.1, 0.15) is 43.6 Å². The van der Waals surface area contributed by atoms with Gasteiger partial charge in [0.15, 0.2) is 5.06 Å². The summed E-state index contributed by atoms with van der Waals surface area (Å²) in [6.45, 7) is 2.29. The molecule has 1 aliphatic heterocycles. The zero-order chi connectivity index (χ0) is 25.2. The normalized spacial score (nSPS) is 16.9. The summed E-state index contributed by atoms with van der Waals surface area (Å²) < 4.78 is 18.8. The Morgan fingerprint density at radius 1 is 1.17 bits per heavy atom. The number of hydrogen-bond donors (Lipinski definition) is 1. The molecule has 0 bridgehead atoms. The van der Waals surface area contributed by atoms with Crippen molar-refractivity contribution in [1.82, 2.24) is 9.47 Å². The Hall–Kier alpha value is -2.75. The molecule has 0 spiro atoms. The fourth-order valence-electron chi connectivity index (χ4n) is 5.37. The van der Waals surface area contributed by atoms with E-state index in [9.17, 15) is 14.7 Å². The van der Waals surface area contributed by atoms with E-state index >= 15 is 0 Å². The van der Waals surface area contributed by atoms with Crippen molar-refractivity contribution in [2.24, 2.45) is 0 Å². The predicted octanol–water partition coefficient (Wildman–Crippen LogP) is 6.00. The predicted molar refractivity (Wildman–Crippen MR) is 139 cm³/mol. The van der Waals surface area contributed by atoms with E-state index in [1.54, 1.807) is 13.2 Å². The number of fused-ring (bicyclic) bond motifs is 1. The first-order chi connectivity index (χ1) is 17.5. The summed E-state index contributed by atoms with van der Waals surface area (Å²) in [6, 6.07) is 7.44. The van der Waals surface area contributed by atoms with Crippen molar-refractivity contribution in [3.8, 4) is 22.1 Å². The van der Waals surface area contributed by atoms with E-state index in [2.05, 4.69) is 0 Å². The molecule has 192 valence electrons. The number of aromatic nitrogens is 1. The number of amides is 1. The SMILES string of the molecule is COc1ccc(-c2c(C3CCCCC3)c3sc(OC(=O)O)cc3n2CC(=O)N2CCOCC2)cc1Cl. The van der Waals surface area contributed by atoms with Crippen molar-refractivity contribution >= 4 is 45.2 Å². The van der Waals surface area contributed by atoms with Gasteiger partial charge in [-0.3, -0.25) is 4.79 Å². The molecule has 1 saturated carbocycles. The molecule has 1 aromatic carbocycles. The van der Waals surface area contributed by atoms with Crippen molar-refractivity contribution in [2.75, 3.05) is 33.4 Å². The lowest BCUT2D eigenvalue weighted by Gasteiger charge is -2.28. The highest BCUT2D eigenvalue weighted by Gasteiger charge is 2.30. The van der Waals surface area contributed by atoms with Gasteiger partial charge in [-0.15, -0.1) is 0 Å². The number of rotatable bonds is 6. The molecule has 8 nitrogen and oxygen atoms in total. The van der Waals surface area contributed by atoms with Crippen LogP contribution >= 0.6 is 22.9 Å². The van der Waals surface area contributed by atoms with E-state index in [0.29, 0.717) is 48.1 Å². The second-order valence-electron chi connectivity index (χ2n) is 9.17. The van der Waals surface area contributed by atoms with Crippen LogP contribution in [0, 0.1) is 0 Å². The van der Waals surface area contributed by atoms with Gasteiger partial charge in [-0.1, -0.05) is 42.2 Å². The van der Waals surface area contributed by atoms with Crippen molar-refractivity contribution in [1.29, 1.82) is 0 Å². The van der Waals surface area contributed by atoms with E-state index in [1.165, 1.54) is 17.8 Å². The summed E-state index contributed by atoms with van der Waals surface area (Å²) in [5, 5.41) is 10.0. The van der Waals surface area contributed by atoms with Crippen molar-refractivity contribution < 1.29 is 28.9 Å². The van der Waals surface area contributed by atoms with Gasteiger partial charge in [0, 0.05) is 24.7 Å². The summed E-state index contributed by atoms with van der Waals surface area (Å²) in [5.41, 5.74) is 3.81. The maximum Gasteiger partial charge on any atom is 0.512 e. The quantitative estimate of drug-likeness (QED) is 0.392. The maximum absolute atomic E-state index is 13.4. The Morgan fingerprint density at radius 2 is 1.92 bits per heavy atom. The highest BCUT2D eigenvalue weighted by molar-refractivity contribution is 7.21. The number of carbonyl (C=O) groups excluding carboxylic acids is 1. The summed E-state index contributed by atoms with van der Waals surface area (Å²) in [7, 11) is 1.58. The van der Waals surface area contributed by atoms with E-state index in [-0.39, 0.29) is 12.5 Å². The number of carboxylic acid groups (broad SMARTS) is 1. The minimum atomic E-state index is -1.35. The average Bonchev–Trinajstić information content (AvgIpc) is 3.41. The van der Waals surface area contributed by atoms with Gasteiger partial charge in [0.2, 0.25) is 5.91 Å². The third kappa shape index (κ3) is 4.92. The molecule has 0 unspecified atom stereocenters. The van der Waals surface area contributed by atoms with Gasteiger partial charge in [-0.2, -0.15) is 0 Å². The molecule has 3 aromatic rings. The van der Waals surface area contributed by atoms with Crippen molar-refractivity contribution in [3.05, 3.63) is 34.9 Å². The third-order valence-electron chi connectivity index (χ3n) is 7.03. The Bertz CT molecular complexity index is 1270. The standard InChI is InChI=1S/C26H29ClN2O6S/c1-33-20-8-7-17(13-18(20)27)24-23(16-5-3-2-4-6-16)25-19(14-22(36-25)35-26(31)32)29(24)15-21(30)28-9-11-34-12-10-28/h7-8,13-14,16H,2-6,9-12,15H2,1H3,(H,31,32). The fourth-order valence-corrected chi connectivity index (χ4v) is 6.76. The second kappa shape index (κ2) is 10.7. The fraction of sp³-hybridized carbons (Fsp3) is 0.462. The molecule has 5 rings (SSSR count). The summed E-state index contributed by atoms with van der Waals surface area (Å²) in [4.78, 5) is 26.5.